The van der Waals surface area contributed by atoms with E-state index in [2.05, 4.69) is 5.32 Å². The number of likely N-dealkylation sites (N-methyl/N-ethyl adjacent to an activating group) is 1. The number of nitrogens with zero attached hydrogens (tertiary/aromatic N) is 1. The van der Waals surface area contributed by atoms with E-state index in [1.54, 1.807) is 18.0 Å². The first-order chi connectivity index (χ1) is 13.9. The lowest BCUT2D eigenvalue weighted by Gasteiger charge is -2.29. The van der Waals surface area contributed by atoms with Crippen LogP contribution in [0, 0.1) is 11.6 Å². The Bertz CT molecular complexity index is 931. The zero-order valence-corrected chi connectivity index (χ0v) is 15.9. The number of nitrogens with one attached hydrogen (secondary N) is 1. The molecular weight excluding hydrogens is 378 g/mol. The van der Waals surface area contributed by atoms with Crippen molar-refractivity contribution in [1.29, 1.82) is 0 Å². The van der Waals surface area contributed by atoms with E-state index >= 15 is 0 Å². The molecule has 2 atom stereocenters. The van der Waals surface area contributed by atoms with Crippen LogP contribution < -0.4 is 5.32 Å². The third kappa shape index (κ3) is 4.68. The summed E-state index contributed by atoms with van der Waals surface area (Å²) in [6.45, 7) is 0.101. The smallest absolute Gasteiger partial charge is 0.303 e. The number of halogens is 2. The quantitative estimate of drug-likeness (QED) is 0.748. The van der Waals surface area contributed by atoms with Crippen LogP contribution in [-0.4, -0.2) is 41.5 Å². The number of benzene rings is 2. The van der Waals surface area contributed by atoms with Crippen LogP contribution in [0.2, 0.25) is 0 Å². The molecule has 0 spiro atoms. The molecular formula is C22H22F2N2O3. The van der Waals surface area contributed by atoms with E-state index in [0.717, 1.165) is 23.8 Å². The second-order valence-corrected chi connectivity index (χ2v) is 6.91. The Morgan fingerprint density at radius 2 is 1.93 bits per heavy atom. The minimum absolute atomic E-state index is 0.101. The zero-order chi connectivity index (χ0) is 21.0. The van der Waals surface area contributed by atoms with E-state index in [9.17, 15) is 18.4 Å². The van der Waals surface area contributed by atoms with Gasteiger partial charge in [0, 0.05) is 18.5 Å². The third-order valence-corrected chi connectivity index (χ3v) is 5.03. The molecule has 152 valence electrons. The van der Waals surface area contributed by atoms with Gasteiger partial charge in [0.15, 0.2) is 0 Å². The highest BCUT2D eigenvalue weighted by Gasteiger charge is 2.34. The van der Waals surface area contributed by atoms with Crippen molar-refractivity contribution in [1.82, 2.24) is 10.2 Å². The molecule has 7 heteroatoms. The number of hydrogen-bond donors (Lipinski definition) is 2. The van der Waals surface area contributed by atoms with Gasteiger partial charge in [-0.25, -0.2) is 8.78 Å². The van der Waals surface area contributed by atoms with Crippen molar-refractivity contribution >= 4 is 17.4 Å². The molecule has 1 heterocycles. The molecule has 0 radical (unpaired) electrons. The summed E-state index contributed by atoms with van der Waals surface area (Å²) in [7, 11) is 1.60. The average Bonchev–Trinajstić information content (AvgIpc) is 3.15. The number of carbonyl (C=O) groups excluding carboxylic acids is 1. The number of aliphatic carboxylic acids is 1. The molecule has 29 heavy (non-hydrogen) atoms. The molecule has 1 aliphatic rings. The van der Waals surface area contributed by atoms with Gasteiger partial charge in [0.05, 0.1) is 12.1 Å². The summed E-state index contributed by atoms with van der Waals surface area (Å²) in [5.41, 5.74) is 1.46. The minimum atomic E-state index is -0.986. The number of rotatable bonds is 7. The van der Waals surface area contributed by atoms with Crippen molar-refractivity contribution in [3.05, 3.63) is 77.4 Å². The van der Waals surface area contributed by atoms with E-state index < -0.39 is 29.7 Å². The highest BCUT2D eigenvalue weighted by atomic mass is 19.1. The molecule has 0 saturated carbocycles. The maximum atomic E-state index is 14.3. The monoisotopic (exact) mass is 400 g/mol. The van der Waals surface area contributed by atoms with Gasteiger partial charge in [0.1, 0.15) is 11.6 Å². The molecule has 0 aromatic heterocycles. The lowest BCUT2D eigenvalue weighted by atomic mass is 10.0. The normalized spacial score (nSPS) is 17.1. The van der Waals surface area contributed by atoms with Gasteiger partial charge in [0.2, 0.25) is 5.91 Å². The molecule has 0 fully saturated rings. The molecule has 1 unspecified atom stereocenters. The first-order valence-electron chi connectivity index (χ1n) is 9.31. The SMILES string of the molecule is CN[C@@H](CCC(=O)O)C(=O)N1CC(c2cc(F)ccc2F)=CC1c1ccccc1. The second kappa shape index (κ2) is 8.96. The predicted molar refractivity (Wildman–Crippen MR) is 105 cm³/mol. The van der Waals surface area contributed by atoms with Gasteiger partial charge in [-0.3, -0.25) is 9.59 Å². The first-order valence-corrected chi connectivity index (χ1v) is 9.31. The minimum Gasteiger partial charge on any atom is -0.481 e. The number of carbonyl (C=O) groups is 2. The van der Waals surface area contributed by atoms with Crippen LogP contribution in [0.15, 0.2) is 54.6 Å². The maximum absolute atomic E-state index is 14.3. The fourth-order valence-corrected chi connectivity index (χ4v) is 3.53. The van der Waals surface area contributed by atoms with Crippen LogP contribution in [0.25, 0.3) is 5.57 Å². The van der Waals surface area contributed by atoms with Crippen LogP contribution in [0.5, 0.6) is 0 Å². The Kier molecular flexibility index (Phi) is 6.39. The molecule has 2 aromatic carbocycles. The fourth-order valence-electron chi connectivity index (χ4n) is 3.53. The van der Waals surface area contributed by atoms with Gasteiger partial charge in [-0.05, 0) is 42.8 Å². The Hall–Kier alpha value is -3.06. The largest absolute Gasteiger partial charge is 0.481 e. The third-order valence-electron chi connectivity index (χ3n) is 5.03. The van der Waals surface area contributed by atoms with Crippen molar-refractivity contribution in [2.75, 3.05) is 13.6 Å². The number of carboxylic acid groups (broad SMARTS) is 1. The highest BCUT2D eigenvalue weighted by molar-refractivity contribution is 5.87. The molecule has 1 amide bonds. The number of amides is 1. The summed E-state index contributed by atoms with van der Waals surface area (Å²) in [6, 6.07) is 11.3. The summed E-state index contributed by atoms with van der Waals surface area (Å²) < 4.78 is 28.0. The van der Waals surface area contributed by atoms with Crippen molar-refractivity contribution < 1.29 is 23.5 Å². The molecule has 1 aliphatic heterocycles. The van der Waals surface area contributed by atoms with Gasteiger partial charge in [-0.2, -0.15) is 0 Å². The van der Waals surface area contributed by atoms with E-state index in [1.807, 2.05) is 30.3 Å². The van der Waals surface area contributed by atoms with Crippen molar-refractivity contribution in [3.8, 4) is 0 Å². The fraction of sp³-hybridized carbons (Fsp3) is 0.273. The van der Waals surface area contributed by atoms with Crippen LogP contribution in [0.4, 0.5) is 8.78 Å². The molecule has 5 nitrogen and oxygen atoms in total. The van der Waals surface area contributed by atoms with Gasteiger partial charge in [0.25, 0.3) is 0 Å². The van der Waals surface area contributed by atoms with Gasteiger partial charge < -0.3 is 15.3 Å². The van der Waals surface area contributed by atoms with E-state index in [0.29, 0.717) is 5.57 Å². The topological polar surface area (TPSA) is 69.6 Å². The van der Waals surface area contributed by atoms with Crippen LogP contribution in [0.3, 0.4) is 0 Å². The Balaban J connectivity index is 1.94. The number of hydrogen-bond acceptors (Lipinski definition) is 3. The molecule has 0 bridgehead atoms. The standard InChI is InChI=1S/C22H22F2N2O3/c1-25-19(9-10-21(27)28)22(29)26-13-15(17-12-16(23)7-8-18(17)24)11-20(26)14-5-3-2-4-6-14/h2-8,11-12,19-20,25H,9-10,13H2,1H3,(H,27,28)/t19-,20?/m0/s1. The molecule has 0 saturated heterocycles. The van der Waals surface area contributed by atoms with Crippen molar-refractivity contribution in [2.24, 2.45) is 0 Å². The second-order valence-electron chi connectivity index (χ2n) is 6.91. The summed E-state index contributed by atoms with van der Waals surface area (Å²) in [4.78, 5) is 25.7. The summed E-state index contributed by atoms with van der Waals surface area (Å²) in [5.74, 6) is -2.39. The highest BCUT2D eigenvalue weighted by Crippen LogP contribution is 2.36. The van der Waals surface area contributed by atoms with E-state index in [-0.39, 0.29) is 30.9 Å². The Morgan fingerprint density at radius 1 is 1.21 bits per heavy atom. The van der Waals surface area contributed by atoms with E-state index in [4.69, 9.17) is 5.11 Å². The van der Waals surface area contributed by atoms with Gasteiger partial charge >= 0.3 is 5.97 Å². The van der Waals surface area contributed by atoms with Crippen molar-refractivity contribution in [3.63, 3.8) is 0 Å². The van der Waals surface area contributed by atoms with Crippen molar-refractivity contribution in [2.45, 2.75) is 24.9 Å². The molecule has 2 N–H and O–H groups in total. The van der Waals surface area contributed by atoms with E-state index in [1.165, 1.54) is 0 Å². The van der Waals surface area contributed by atoms with Crippen LogP contribution in [0.1, 0.15) is 30.0 Å². The molecule has 2 aromatic rings. The van der Waals surface area contributed by atoms with Crippen LogP contribution >= 0.6 is 0 Å². The Morgan fingerprint density at radius 3 is 2.59 bits per heavy atom. The van der Waals surface area contributed by atoms with Gasteiger partial charge in [-0.15, -0.1) is 0 Å². The summed E-state index contributed by atoms with van der Waals surface area (Å²) in [6.07, 6.45) is 1.74. The lowest BCUT2D eigenvalue weighted by molar-refractivity contribution is -0.138. The Labute approximate surface area is 167 Å². The zero-order valence-electron chi connectivity index (χ0n) is 15.9. The maximum Gasteiger partial charge on any atom is 0.303 e. The predicted octanol–water partition coefficient (Wildman–Crippen LogP) is 3.38. The summed E-state index contributed by atoms with van der Waals surface area (Å²) in [5, 5.41) is 11.8. The molecule has 3 rings (SSSR count). The van der Waals surface area contributed by atoms with Crippen LogP contribution in [-0.2, 0) is 9.59 Å². The first kappa shape index (κ1) is 20.7. The summed E-state index contributed by atoms with van der Waals surface area (Å²) >= 11 is 0. The number of carboxylic acids is 1. The lowest BCUT2D eigenvalue weighted by Crippen LogP contribution is -2.45. The average molecular weight is 400 g/mol. The molecule has 0 aliphatic carbocycles. The van der Waals surface area contributed by atoms with Gasteiger partial charge in [-0.1, -0.05) is 36.4 Å².